The summed E-state index contributed by atoms with van der Waals surface area (Å²) in [7, 11) is 0. The average Bonchev–Trinajstić information content (AvgIpc) is 3.25. The molecule has 3 aliphatic heterocycles. The predicted molar refractivity (Wildman–Crippen MR) is 122 cm³/mol. The maximum atomic E-state index is 13.0. The van der Waals surface area contributed by atoms with Crippen molar-refractivity contribution in [3.05, 3.63) is 52.1 Å². The number of hydrogen-bond donors (Lipinski definition) is 2. The summed E-state index contributed by atoms with van der Waals surface area (Å²) >= 11 is 7.36. The van der Waals surface area contributed by atoms with E-state index < -0.39 is 0 Å². The average molecular weight is 491 g/mol. The number of benzene rings is 1. The predicted octanol–water partition coefficient (Wildman–Crippen LogP) is 4.96. The normalized spacial score (nSPS) is 21.8. The monoisotopic (exact) mass is 490 g/mol. The van der Waals surface area contributed by atoms with Crippen molar-refractivity contribution in [2.75, 3.05) is 28.7 Å². The standard InChI is InChI=1S/C20H19BrN4O2S2/c21-15-5-2-6-16(23-15)24-19(27)22-13-4-1-3-12-17(13)14-11-20(28-9-10-29-20)7-8-25(14)18(12)26/h1-6,14H,7-11H2,(H2,22,23,24,27). The molecule has 0 bridgehead atoms. The summed E-state index contributed by atoms with van der Waals surface area (Å²) in [4.78, 5) is 31.8. The molecule has 2 N–H and O–H groups in total. The number of carbonyl (C=O) groups is 2. The number of thioether (sulfide) groups is 2. The number of rotatable bonds is 2. The fraction of sp³-hybridized carbons (Fsp3) is 0.350. The molecule has 1 aromatic carbocycles. The van der Waals surface area contributed by atoms with Gasteiger partial charge in [0.15, 0.2) is 0 Å². The number of pyridine rings is 1. The van der Waals surface area contributed by atoms with Crippen molar-refractivity contribution in [3.63, 3.8) is 0 Å². The van der Waals surface area contributed by atoms with Gasteiger partial charge in [-0.3, -0.25) is 10.1 Å². The molecule has 1 spiro atoms. The molecule has 3 aliphatic rings. The molecule has 5 rings (SSSR count). The molecule has 6 nitrogen and oxygen atoms in total. The highest BCUT2D eigenvalue weighted by Crippen LogP contribution is 2.57. The number of urea groups is 1. The Morgan fingerprint density at radius 3 is 2.76 bits per heavy atom. The van der Waals surface area contributed by atoms with Gasteiger partial charge in [-0.15, -0.1) is 23.5 Å². The van der Waals surface area contributed by atoms with Gasteiger partial charge in [0, 0.05) is 34.9 Å². The highest BCUT2D eigenvalue weighted by molar-refractivity contribution is 9.10. The van der Waals surface area contributed by atoms with E-state index in [1.54, 1.807) is 12.1 Å². The first-order chi connectivity index (χ1) is 14.0. The van der Waals surface area contributed by atoms with Crippen molar-refractivity contribution in [2.45, 2.75) is 23.0 Å². The van der Waals surface area contributed by atoms with Crippen molar-refractivity contribution in [3.8, 4) is 0 Å². The molecule has 3 amide bonds. The van der Waals surface area contributed by atoms with E-state index in [9.17, 15) is 9.59 Å². The topological polar surface area (TPSA) is 74.3 Å². The summed E-state index contributed by atoms with van der Waals surface area (Å²) in [5, 5.41) is 5.70. The Morgan fingerprint density at radius 2 is 1.97 bits per heavy atom. The second-order valence-electron chi connectivity index (χ2n) is 7.27. The summed E-state index contributed by atoms with van der Waals surface area (Å²) in [6, 6.07) is 10.6. The molecule has 1 aromatic heterocycles. The van der Waals surface area contributed by atoms with Crippen LogP contribution >= 0.6 is 39.5 Å². The van der Waals surface area contributed by atoms with Crippen molar-refractivity contribution in [1.82, 2.24) is 9.88 Å². The third-order valence-electron chi connectivity index (χ3n) is 5.56. The minimum Gasteiger partial charge on any atom is -0.331 e. The van der Waals surface area contributed by atoms with Crippen LogP contribution in [0.15, 0.2) is 41.0 Å². The van der Waals surface area contributed by atoms with Gasteiger partial charge in [0.2, 0.25) is 0 Å². The lowest BCUT2D eigenvalue weighted by molar-refractivity contribution is 0.0669. The van der Waals surface area contributed by atoms with Crippen LogP contribution in [0.5, 0.6) is 0 Å². The van der Waals surface area contributed by atoms with E-state index >= 15 is 0 Å². The van der Waals surface area contributed by atoms with Gasteiger partial charge < -0.3 is 10.2 Å². The van der Waals surface area contributed by atoms with Crippen molar-refractivity contribution in [1.29, 1.82) is 0 Å². The minimum atomic E-state index is -0.370. The first-order valence-electron chi connectivity index (χ1n) is 9.47. The highest BCUT2D eigenvalue weighted by Gasteiger charge is 2.49. The molecular weight excluding hydrogens is 472 g/mol. The SMILES string of the molecule is O=C(Nc1cccc(Br)n1)Nc1cccc2c1C1CC3(CCN1C2=O)SCCS3. The van der Waals surface area contributed by atoms with E-state index in [-0.39, 0.29) is 22.1 Å². The fourth-order valence-electron chi connectivity index (χ4n) is 4.34. The lowest BCUT2D eigenvalue weighted by Gasteiger charge is -2.41. The van der Waals surface area contributed by atoms with E-state index in [2.05, 4.69) is 31.5 Å². The first kappa shape index (κ1) is 19.3. The zero-order valence-corrected chi connectivity index (χ0v) is 18.7. The van der Waals surface area contributed by atoms with Gasteiger partial charge in [-0.2, -0.15) is 0 Å². The van der Waals surface area contributed by atoms with Crippen LogP contribution in [-0.2, 0) is 0 Å². The second-order valence-corrected chi connectivity index (χ2v) is 11.3. The molecule has 2 fully saturated rings. The molecular formula is C20H19BrN4O2S2. The number of amides is 3. The van der Waals surface area contributed by atoms with Gasteiger partial charge >= 0.3 is 6.03 Å². The summed E-state index contributed by atoms with van der Waals surface area (Å²) in [5.41, 5.74) is 2.35. The number of piperidine rings is 1. The number of carbonyl (C=O) groups excluding carboxylic acids is 2. The smallest absolute Gasteiger partial charge is 0.324 e. The number of halogens is 1. The number of hydrogen-bond acceptors (Lipinski definition) is 5. The van der Waals surface area contributed by atoms with E-state index in [0.717, 1.165) is 24.9 Å². The third-order valence-corrected chi connectivity index (χ3v) is 9.58. The molecule has 2 saturated heterocycles. The van der Waals surface area contributed by atoms with Crippen LogP contribution in [0.2, 0.25) is 0 Å². The second kappa shape index (κ2) is 7.52. The van der Waals surface area contributed by atoms with Crippen LogP contribution in [0.4, 0.5) is 16.3 Å². The number of nitrogens with zero attached hydrogens (tertiary/aromatic N) is 2. The van der Waals surface area contributed by atoms with Gasteiger partial charge in [0.25, 0.3) is 5.91 Å². The number of nitrogens with one attached hydrogen (secondary N) is 2. The Kier molecular flexibility index (Phi) is 4.99. The van der Waals surface area contributed by atoms with E-state index in [0.29, 0.717) is 21.7 Å². The van der Waals surface area contributed by atoms with E-state index in [1.165, 1.54) is 11.5 Å². The van der Waals surface area contributed by atoms with Crippen LogP contribution in [-0.4, -0.2) is 44.0 Å². The summed E-state index contributed by atoms with van der Waals surface area (Å²) in [6.07, 6.45) is 1.95. The molecule has 1 atom stereocenters. The first-order valence-corrected chi connectivity index (χ1v) is 12.2. The Hall–Kier alpha value is -1.71. The summed E-state index contributed by atoms with van der Waals surface area (Å²) in [6.45, 7) is 0.770. The molecule has 9 heteroatoms. The third kappa shape index (κ3) is 3.53. The molecule has 4 heterocycles. The number of anilines is 2. The fourth-order valence-corrected chi connectivity index (χ4v) is 7.95. The van der Waals surface area contributed by atoms with E-state index in [1.807, 2.05) is 52.7 Å². The quantitative estimate of drug-likeness (QED) is 0.582. The summed E-state index contributed by atoms with van der Waals surface area (Å²) in [5.74, 6) is 2.86. The summed E-state index contributed by atoms with van der Waals surface area (Å²) < 4.78 is 0.842. The Balaban J connectivity index is 1.42. The number of fused-ring (bicyclic) bond motifs is 3. The highest BCUT2D eigenvalue weighted by atomic mass is 79.9. The maximum absolute atomic E-state index is 13.0. The molecule has 0 saturated carbocycles. The number of aromatic nitrogens is 1. The lowest BCUT2D eigenvalue weighted by Crippen LogP contribution is -2.41. The molecule has 29 heavy (non-hydrogen) atoms. The van der Waals surface area contributed by atoms with E-state index in [4.69, 9.17) is 0 Å². The molecule has 150 valence electrons. The Morgan fingerprint density at radius 1 is 1.17 bits per heavy atom. The maximum Gasteiger partial charge on any atom is 0.324 e. The van der Waals surface area contributed by atoms with Crippen LogP contribution in [0.1, 0.15) is 34.8 Å². The zero-order valence-electron chi connectivity index (χ0n) is 15.5. The van der Waals surface area contributed by atoms with Crippen molar-refractivity contribution >= 4 is 62.9 Å². The van der Waals surface area contributed by atoms with Gasteiger partial charge in [0.1, 0.15) is 10.4 Å². The molecule has 0 radical (unpaired) electrons. The van der Waals surface area contributed by atoms with Crippen LogP contribution in [0.25, 0.3) is 0 Å². The minimum absolute atomic E-state index is 0.0184. The lowest BCUT2D eigenvalue weighted by atomic mass is 9.95. The Bertz CT molecular complexity index is 996. The molecule has 2 aromatic rings. The zero-order chi connectivity index (χ0) is 20.0. The van der Waals surface area contributed by atoms with Gasteiger partial charge in [-0.1, -0.05) is 12.1 Å². The van der Waals surface area contributed by atoms with Crippen molar-refractivity contribution < 1.29 is 9.59 Å². The Labute approximate surface area is 185 Å². The van der Waals surface area contributed by atoms with Gasteiger partial charge in [-0.05, 0) is 53.0 Å². The van der Waals surface area contributed by atoms with Crippen LogP contribution in [0.3, 0.4) is 0 Å². The molecule has 1 unspecified atom stereocenters. The van der Waals surface area contributed by atoms with Crippen molar-refractivity contribution in [2.24, 2.45) is 0 Å². The van der Waals surface area contributed by atoms with Crippen LogP contribution in [0, 0.1) is 0 Å². The van der Waals surface area contributed by atoms with Gasteiger partial charge in [0.05, 0.1) is 10.1 Å². The van der Waals surface area contributed by atoms with Crippen LogP contribution < -0.4 is 10.6 Å². The van der Waals surface area contributed by atoms with Gasteiger partial charge in [-0.25, -0.2) is 9.78 Å². The molecule has 0 aliphatic carbocycles. The largest absolute Gasteiger partial charge is 0.331 e.